The van der Waals surface area contributed by atoms with E-state index in [1.165, 1.54) is 11.3 Å². The Labute approximate surface area is 118 Å². The summed E-state index contributed by atoms with van der Waals surface area (Å²) in [5, 5.41) is 1.00. The summed E-state index contributed by atoms with van der Waals surface area (Å²) in [4.78, 5) is 19.5. The van der Waals surface area contributed by atoms with Crippen molar-refractivity contribution >= 4 is 17.2 Å². The van der Waals surface area contributed by atoms with Crippen LogP contribution in [0.5, 0.6) is 0 Å². The Morgan fingerprint density at radius 1 is 1.47 bits per heavy atom. The first-order valence-electron chi connectivity index (χ1n) is 6.68. The van der Waals surface area contributed by atoms with Gasteiger partial charge in [-0.1, -0.05) is 20.8 Å². The van der Waals surface area contributed by atoms with E-state index in [4.69, 9.17) is 4.74 Å². The van der Waals surface area contributed by atoms with E-state index in [1.807, 2.05) is 18.7 Å². The number of thiazole rings is 1. The molecule has 0 bridgehead atoms. The number of rotatable bonds is 1. The summed E-state index contributed by atoms with van der Waals surface area (Å²) >= 11 is 1.50. The van der Waals surface area contributed by atoms with E-state index in [0.717, 1.165) is 9.88 Å². The van der Waals surface area contributed by atoms with Crippen molar-refractivity contribution in [2.45, 2.75) is 52.2 Å². The summed E-state index contributed by atoms with van der Waals surface area (Å²) < 4.78 is 5.56. The van der Waals surface area contributed by atoms with Crippen LogP contribution in [-0.2, 0) is 10.2 Å². The van der Waals surface area contributed by atoms with E-state index in [0.29, 0.717) is 13.2 Å². The van der Waals surface area contributed by atoms with Crippen molar-refractivity contribution in [2.24, 2.45) is 0 Å². The van der Waals surface area contributed by atoms with E-state index in [9.17, 15) is 4.79 Å². The third-order valence-electron chi connectivity index (χ3n) is 3.23. The van der Waals surface area contributed by atoms with Crippen molar-refractivity contribution in [3.05, 3.63) is 16.1 Å². The Morgan fingerprint density at radius 3 is 2.74 bits per heavy atom. The fourth-order valence-electron chi connectivity index (χ4n) is 2.05. The zero-order valence-electron chi connectivity index (χ0n) is 12.3. The van der Waals surface area contributed by atoms with Gasteiger partial charge in [0.05, 0.1) is 30.0 Å². The average molecular weight is 282 g/mol. The summed E-state index contributed by atoms with van der Waals surface area (Å²) in [5.41, 5.74) is -0.00683. The van der Waals surface area contributed by atoms with Crippen molar-refractivity contribution < 1.29 is 9.53 Å². The fourth-order valence-corrected chi connectivity index (χ4v) is 2.98. The van der Waals surface area contributed by atoms with Crippen molar-refractivity contribution in [2.75, 3.05) is 13.2 Å². The Kier molecular flexibility index (Phi) is 3.97. The highest BCUT2D eigenvalue weighted by Gasteiger charge is 2.30. The monoisotopic (exact) mass is 282 g/mol. The molecule has 2 heterocycles. The quantitative estimate of drug-likeness (QED) is 0.795. The Hall–Kier alpha value is -0.940. The summed E-state index contributed by atoms with van der Waals surface area (Å²) in [5.74, 6) is 0.0793. The minimum atomic E-state index is -0.00683. The molecule has 0 saturated carbocycles. The number of nitrogens with zero attached hydrogens (tertiary/aromatic N) is 2. The molecule has 1 aliphatic heterocycles. The molecule has 1 amide bonds. The molecule has 1 aromatic heterocycles. The molecule has 1 fully saturated rings. The van der Waals surface area contributed by atoms with Crippen LogP contribution < -0.4 is 0 Å². The van der Waals surface area contributed by atoms with Crippen LogP contribution >= 0.6 is 11.3 Å². The lowest BCUT2D eigenvalue weighted by molar-refractivity contribution is -0.0385. The highest BCUT2D eigenvalue weighted by molar-refractivity contribution is 7.13. The van der Waals surface area contributed by atoms with Crippen LogP contribution in [0.4, 0.5) is 0 Å². The Balaban J connectivity index is 2.17. The zero-order chi connectivity index (χ0) is 14.2. The number of aromatic nitrogens is 1. The first kappa shape index (κ1) is 14.5. The van der Waals surface area contributed by atoms with Gasteiger partial charge in [-0.05, 0) is 13.8 Å². The molecule has 4 nitrogen and oxygen atoms in total. The molecule has 2 rings (SSSR count). The number of amides is 1. The topological polar surface area (TPSA) is 42.4 Å². The summed E-state index contributed by atoms with van der Waals surface area (Å²) in [7, 11) is 0. The molecule has 1 aromatic rings. The maximum atomic E-state index is 12.5. The van der Waals surface area contributed by atoms with Crippen molar-refractivity contribution in [3.8, 4) is 0 Å². The van der Waals surface area contributed by atoms with Gasteiger partial charge >= 0.3 is 0 Å². The van der Waals surface area contributed by atoms with E-state index < -0.39 is 0 Å². The third-order valence-corrected chi connectivity index (χ3v) is 4.64. The van der Waals surface area contributed by atoms with Gasteiger partial charge in [0.1, 0.15) is 4.88 Å². The van der Waals surface area contributed by atoms with Gasteiger partial charge in [-0.3, -0.25) is 4.79 Å². The van der Waals surface area contributed by atoms with Gasteiger partial charge in [0.2, 0.25) is 0 Å². The lowest BCUT2D eigenvalue weighted by Gasteiger charge is -2.36. The average Bonchev–Trinajstić information content (AvgIpc) is 2.80. The standard InChI is InChI=1S/C14H22N2O2S/c1-9-8-18-10(2)7-16(9)12(17)11-6-15-13(19-11)14(3,4)5/h6,9-10H,7-8H2,1-5H3/t9-,10+/m1/s1. The number of hydrogen-bond acceptors (Lipinski definition) is 4. The van der Waals surface area contributed by atoms with Crippen LogP contribution in [0, 0.1) is 0 Å². The van der Waals surface area contributed by atoms with Crippen molar-refractivity contribution in [3.63, 3.8) is 0 Å². The number of hydrogen-bond donors (Lipinski definition) is 0. The van der Waals surface area contributed by atoms with E-state index in [-0.39, 0.29) is 23.5 Å². The Morgan fingerprint density at radius 2 is 2.16 bits per heavy atom. The second-order valence-corrected chi connectivity index (χ2v) is 7.26. The number of ether oxygens (including phenoxy) is 1. The second-order valence-electron chi connectivity index (χ2n) is 6.23. The van der Waals surface area contributed by atoms with Gasteiger partial charge in [0.15, 0.2) is 0 Å². The molecule has 0 spiro atoms. The van der Waals surface area contributed by atoms with Gasteiger partial charge in [-0.25, -0.2) is 4.98 Å². The minimum Gasteiger partial charge on any atom is -0.375 e. The van der Waals surface area contributed by atoms with E-state index in [1.54, 1.807) is 6.20 Å². The molecule has 0 unspecified atom stereocenters. The molecular weight excluding hydrogens is 260 g/mol. The van der Waals surface area contributed by atoms with E-state index >= 15 is 0 Å². The van der Waals surface area contributed by atoms with Crippen molar-refractivity contribution in [1.29, 1.82) is 0 Å². The SMILES string of the molecule is C[C@@H]1CO[C@@H](C)CN1C(=O)c1cnc(C(C)(C)C)s1. The highest BCUT2D eigenvalue weighted by atomic mass is 32.1. The lowest BCUT2D eigenvalue weighted by Crippen LogP contribution is -2.50. The van der Waals surface area contributed by atoms with Crippen LogP contribution in [0.15, 0.2) is 6.20 Å². The smallest absolute Gasteiger partial charge is 0.265 e. The molecular formula is C14H22N2O2S. The van der Waals surface area contributed by atoms with Crippen molar-refractivity contribution in [1.82, 2.24) is 9.88 Å². The first-order valence-corrected chi connectivity index (χ1v) is 7.49. The van der Waals surface area contributed by atoms with Crippen LogP contribution in [0.25, 0.3) is 0 Å². The van der Waals surface area contributed by atoms with Gasteiger partial charge < -0.3 is 9.64 Å². The maximum absolute atomic E-state index is 12.5. The van der Waals surface area contributed by atoms with E-state index in [2.05, 4.69) is 25.8 Å². The van der Waals surface area contributed by atoms with Gasteiger partial charge in [-0.15, -0.1) is 11.3 Å². The second kappa shape index (κ2) is 5.21. The molecule has 1 aliphatic rings. The van der Waals surface area contributed by atoms with Crippen LogP contribution in [-0.4, -0.2) is 41.1 Å². The maximum Gasteiger partial charge on any atom is 0.265 e. The third kappa shape index (κ3) is 3.15. The molecule has 2 atom stereocenters. The summed E-state index contributed by atoms with van der Waals surface area (Å²) in [6, 6.07) is 0.129. The molecule has 0 aromatic carbocycles. The van der Waals surface area contributed by atoms with Gasteiger partial charge in [-0.2, -0.15) is 0 Å². The van der Waals surface area contributed by atoms with Crippen LogP contribution in [0.1, 0.15) is 49.3 Å². The van der Waals surface area contributed by atoms with Crippen LogP contribution in [0.2, 0.25) is 0 Å². The molecule has 0 radical (unpaired) electrons. The molecule has 0 aliphatic carbocycles. The predicted molar refractivity (Wildman–Crippen MR) is 76.7 cm³/mol. The van der Waals surface area contributed by atoms with Gasteiger partial charge in [0, 0.05) is 12.0 Å². The lowest BCUT2D eigenvalue weighted by atomic mass is 9.98. The number of carbonyl (C=O) groups excluding carboxylic acids is 1. The van der Waals surface area contributed by atoms with Crippen LogP contribution in [0.3, 0.4) is 0 Å². The molecule has 19 heavy (non-hydrogen) atoms. The fraction of sp³-hybridized carbons (Fsp3) is 0.714. The zero-order valence-corrected chi connectivity index (χ0v) is 13.1. The molecule has 5 heteroatoms. The summed E-state index contributed by atoms with van der Waals surface area (Å²) in [6.45, 7) is 11.6. The Bertz CT molecular complexity index is 464. The highest BCUT2D eigenvalue weighted by Crippen LogP contribution is 2.28. The number of morpholine rings is 1. The predicted octanol–water partition coefficient (Wildman–Crippen LogP) is 2.69. The normalized spacial score (nSPS) is 24.6. The number of carbonyl (C=O) groups is 1. The molecule has 106 valence electrons. The molecule has 0 N–H and O–H groups in total. The van der Waals surface area contributed by atoms with Gasteiger partial charge in [0.25, 0.3) is 5.91 Å². The minimum absolute atomic E-state index is 0.00683. The summed E-state index contributed by atoms with van der Waals surface area (Å²) in [6.07, 6.45) is 1.82. The first-order chi connectivity index (χ1) is 8.79. The largest absolute Gasteiger partial charge is 0.375 e. The molecule has 1 saturated heterocycles.